The smallest absolute Gasteiger partial charge is 0.275 e. The van der Waals surface area contributed by atoms with Crippen LogP contribution >= 0.6 is 0 Å². The van der Waals surface area contributed by atoms with Crippen LogP contribution < -0.4 is 10.1 Å². The number of non-ortho nitro benzene ring substituents is 1. The second-order valence-electron chi connectivity index (χ2n) is 4.90. The molecule has 110 valence electrons. The van der Waals surface area contributed by atoms with Gasteiger partial charge in [0, 0.05) is 37.4 Å². The minimum atomic E-state index is -0.960. The zero-order valence-electron chi connectivity index (χ0n) is 11.5. The quantitative estimate of drug-likeness (QED) is 0.628. The Kier molecular flexibility index (Phi) is 4.10. The van der Waals surface area contributed by atoms with Crippen molar-refractivity contribution in [1.29, 1.82) is 0 Å². The molecule has 0 spiro atoms. The standard InChI is InChI=1S/C13H18N2O5/c1-9-13(16,3-4-20-9)8-14-10-5-11(15(17)18)7-12(6-10)19-2/h5-7,9,14,16H,3-4,8H2,1-2H3. The van der Waals surface area contributed by atoms with Gasteiger partial charge in [-0.3, -0.25) is 10.1 Å². The Morgan fingerprint density at radius 1 is 1.60 bits per heavy atom. The Hall–Kier alpha value is -1.86. The molecule has 1 fully saturated rings. The Labute approximate surface area is 116 Å². The monoisotopic (exact) mass is 282 g/mol. The molecule has 1 heterocycles. The molecule has 2 rings (SSSR count). The van der Waals surface area contributed by atoms with E-state index in [1.54, 1.807) is 6.07 Å². The predicted molar refractivity (Wildman–Crippen MR) is 73.1 cm³/mol. The molecule has 1 aliphatic heterocycles. The second kappa shape index (κ2) is 5.64. The zero-order chi connectivity index (χ0) is 14.8. The first-order chi connectivity index (χ1) is 9.44. The van der Waals surface area contributed by atoms with Crippen LogP contribution in [-0.4, -0.2) is 42.0 Å². The second-order valence-corrected chi connectivity index (χ2v) is 4.90. The highest BCUT2D eigenvalue weighted by molar-refractivity contribution is 5.56. The van der Waals surface area contributed by atoms with Crippen LogP contribution in [0.15, 0.2) is 18.2 Å². The van der Waals surface area contributed by atoms with Crippen LogP contribution in [0.5, 0.6) is 5.75 Å². The van der Waals surface area contributed by atoms with Gasteiger partial charge in [0.2, 0.25) is 0 Å². The molecule has 1 aromatic carbocycles. The number of nitrogens with one attached hydrogen (secondary N) is 1. The Balaban J connectivity index is 2.13. The molecule has 20 heavy (non-hydrogen) atoms. The van der Waals surface area contributed by atoms with Crippen LogP contribution in [0.3, 0.4) is 0 Å². The predicted octanol–water partition coefficient (Wildman–Crippen LogP) is 1.56. The molecule has 0 saturated carbocycles. The lowest BCUT2D eigenvalue weighted by Crippen LogP contribution is -2.43. The molecular weight excluding hydrogens is 264 g/mol. The molecule has 7 nitrogen and oxygen atoms in total. The summed E-state index contributed by atoms with van der Waals surface area (Å²) in [6.07, 6.45) is 0.267. The summed E-state index contributed by atoms with van der Waals surface area (Å²) in [5.74, 6) is 0.393. The summed E-state index contributed by atoms with van der Waals surface area (Å²) in [4.78, 5) is 10.4. The van der Waals surface area contributed by atoms with Gasteiger partial charge in [-0.25, -0.2) is 0 Å². The molecule has 7 heteroatoms. The minimum absolute atomic E-state index is 0.0606. The van der Waals surface area contributed by atoms with Gasteiger partial charge in [0.05, 0.1) is 24.2 Å². The van der Waals surface area contributed by atoms with E-state index in [0.717, 1.165) is 0 Å². The first kappa shape index (κ1) is 14.5. The number of aliphatic hydroxyl groups is 1. The molecule has 2 N–H and O–H groups in total. The number of benzene rings is 1. The van der Waals surface area contributed by atoms with Crippen molar-refractivity contribution in [3.8, 4) is 5.75 Å². The fraction of sp³-hybridized carbons (Fsp3) is 0.538. The lowest BCUT2D eigenvalue weighted by atomic mass is 9.96. The molecule has 0 radical (unpaired) electrons. The summed E-state index contributed by atoms with van der Waals surface area (Å²) in [7, 11) is 1.45. The largest absolute Gasteiger partial charge is 0.496 e. The average Bonchev–Trinajstić information content (AvgIpc) is 2.76. The van der Waals surface area contributed by atoms with Gasteiger partial charge in [-0.05, 0) is 6.92 Å². The third-order valence-electron chi connectivity index (χ3n) is 3.60. The number of nitro benzene ring substituents is 1. The van der Waals surface area contributed by atoms with Crippen LogP contribution in [0.2, 0.25) is 0 Å². The van der Waals surface area contributed by atoms with Crippen LogP contribution in [0.25, 0.3) is 0 Å². The Bertz CT molecular complexity index is 508. The maximum Gasteiger partial charge on any atom is 0.275 e. The number of rotatable bonds is 5. The maximum absolute atomic E-state index is 10.8. The lowest BCUT2D eigenvalue weighted by molar-refractivity contribution is -0.384. The van der Waals surface area contributed by atoms with Crippen molar-refractivity contribution in [2.75, 3.05) is 25.6 Å². The summed E-state index contributed by atoms with van der Waals surface area (Å²) in [6, 6.07) is 4.41. The lowest BCUT2D eigenvalue weighted by Gasteiger charge is -2.26. The fourth-order valence-corrected chi connectivity index (χ4v) is 2.17. The van der Waals surface area contributed by atoms with Crippen molar-refractivity contribution < 1.29 is 19.5 Å². The molecule has 1 aliphatic rings. The number of hydrogen-bond donors (Lipinski definition) is 2. The topological polar surface area (TPSA) is 93.9 Å². The molecule has 0 aromatic heterocycles. The van der Waals surface area contributed by atoms with Gasteiger partial charge in [0.1, 0.15) is 11.4 Å². The number of ether oxygens (including phenoxy) is 2. The number of hydrogen-bond acceptors (Lipinski definition) is 6. The van der Waals surface area contributed by atoms with E-state index in [2.05, 4.69) is 5.32 Å². The van der Waals surface area contributed by atoms with E-state index in [-0.39, 0.29) is 18.3 Å². The minimum Gasteiger partial charge on any atom is -0.496 e. The first-order valence-electron chi connectivity index (χ1n) is 6.36. The maximum atomic E-state index is 10.8. The van der Waals surface area contributed by atoms with Crippen LogP contribution in [0.4, 0.5) is 11.4 Å². The van der Waals surface area contributed by atoms with E-state index < -0.39 is 10.5 Å². The van der Waals surface area contributed by atoms with Gasteiger partial charge >= 0.3 is 0 Å². The highest BCUT2D eigenvalue weighted by Crippen LogP contribution is 2.29. The first-order valence-corrected chi connectivity index (χ1v) is 6.36. The molecule has 2 unspecified atom stereocenters. The Morgan fingerprint density at radius 3 is 2.90 bits per heavy atom. The van der Waals surface area contributed by atoms with Gasteiger partial charge in [-0.1, -0.05) is 0 Å². The number of anilines is 1. The molecular formula is C13H18N2O5. The molecule has 2 atom stereocenters. The van der Waals surface area contributed by atoms with Gasteiger partial charge < -0.3 is 19.9 Å². The summed E-state index contributed by atoms with van der Waals surface area (Å²) >= 11 is 0. The van der Waals surface area contributed by atoms with E-state index in [0.29, 0.717) is 24.5 Å². The normalized spacial score (nSPS) is 25.4. The van der Waals surface area contributed by atoms with Crippen molar-refractivity contribution in [2.45, 2.75) is 25.0 Å². The summed E-state index contributed by atoms with van der Waals surface area (Å²) < 4.78 is 10.4. The highest BCUT2D eigenvalue weighted by Gasteiger charge is 2.39. The van der Waals surface area contributed by atoms with E-state index in [9.17, 15) is 15.2 Å². The van der Waals surface area contributed by atoms with E-state index >= 15 is 0 Å². The molecule has 1 aromatic rings. The van der Waals surface area contributed by atoms with Crippen LogP contribution in [0.1, 0.15) is 13.3 Å². The third-order valence-corrected chi connectivity index (χ3v) is 3.60. The zero-order valence-corrected chi connectivity index (χ0v) is 11.5. The van der Waals surface area contributed by atoms with Crippen molar-refractivity contribution in [1.82, 2.24) is 0 Å². The van der Waals surface area contributed by atoms with Crippen molar-refractivity contribution >= 4 is 11.4 Å². The molecule has 0 bridgehead atoms. The Morgan fingerprint density at radius 2 is 2.35 bits per heavy atom. The van der Waals surface area contributed by atoms with Gasteiger partial charge in [-0.15, -0.1) is 0 Å². The number of methoxy groups -OCH3 is 1. The molecule has 0 aliphatic carbocycles. The fourth-order valence-electron chi connectivity index (χ4n) is 2.17. The summed E-state index contributed by atoms with van der Waals surface area (Å²) in [6.45, 7) is 2.58. The third kappa shape index (κ3) is 3.00. The van der Waals surface area contributed by atoms with Gasteiger partial charge in [-0.2, -0.15) is 0 Å². The highest BCUT2D eigenvalue weighted by atomic mass is 16.6. The van der Waals surface area contributed by atoms with E-state index in [1.807, 2.05) is 6.92 Å². The van der Waals surface area contributed by atoms with E-state index in [1.165, 1.54) is 19.2 Å². The van der Waals surface area contributed by atoms with Crippen molar-refractivity contribution in [3.63, 3.8) is 0 Å². The van der Waals surface area contributed by atoms with Crippen LogP contribution in [-0.2, 0) is 4.74 Å². The van der Waals surface area contributed by atoms with Crippen molar-refractivity contribution in [3.05, 3.63) is 28.3 Å². The van der Waals surface area contributed by atoms with Crippen LogP contribution in [0, 0.1) is 10.1 Å². The summed E-state index contributed by atoms with van der Waals surface area (Å²) in [5, 5.41) is 24.2. The van der Waals surface area contributed by atoms with Gasteiger partial charge in [0.25, 0.3) is 5.69 Å². The number of nitrogens with zero attached hydrogens (tertiary/aromatic N) is 1. The van der Waals surface area contributed by atoms with Gasteiger partial charge in [0.15, 0.2) is 0 Å². The average molecular weight is 282 g/mol. The number of nitro groups is 1. The molecule has 1 saturated heterocycles. The summed E-state index contributed by atoms with van der Waals surface area (Å²) in [5.41, 5.74) is -0.490. The van der Waals surface area contributed by atoms with E-state index in [4.69, 9.17) is 9.47 Å². The van der Waals surface area contributed by atoms with Crippen molar-refractivity contribution in [2.24, 2.45) is 0 Å². The molecule has 0 amide bonds. The SMILES string of the molecule is COc1cc(NCC2(O)CCOC2C)cc([N+](=O)[O-])c1.